The van der Waals surface area contributed by atoms with Crippen LogP contribution < -0.4 is 0 Å². The number of aryl methyl sites for hydroxylation is 2. The van der Waals surface area contributed by atoms with Crippen LogP contribution in [0.4, 0.5) is 5.69 Å². The maximum atomic E-state index is 10.6. The van der Waals surface area contributed by atoms with Gasteiger partial charge in [-0.05, 0) is 52.0 Å². The molecule has 0 fully saturated rings. The normalized spacial score (nSPS) is 10.8. The van der Waals surface area contributed by atoms with E-state index in [1.807, 2.05) is 26.2 Å². The number of hydrogen-bond donors (Lipinski definition) is 0. The van der Waals surface area contributed by atoms with E-state index in [9.17, 15) is 10.1 Å². The van der Waals surface area contributed by atoms with Crippen LogP contribution in [0.15, 0.2) is 18.2 Å². The van der Waals surface area contributed by atoms with Gasteiger partial charge in [-0.2, -0.15) is 0 Å². The van der Waals surface area contributed by atoms with Crippen LogP contribution in [-0.2, 0) is 6.42 Å². The molecule has 1 rings (SSSR count). The van der Waals surface area contributed by atoms with E-state index in [2.05, 4.69) is 4.90 Å². The molecule has 0 bridgehead atoms. The Morgan fingerprint density at radius 1 is 1.38 bits per heavy atom. The Hall–Kier alpha value is -1.42. The predicted molar refractivity (Wildman–Crippen MR) is 64.7 cm³/mol. The van der Waals surface area contributed by atoms with Crippen molar-refractivity contribution < 1.29 is 4.92 Å². The van der Waals surface area contributed by atoms with Gasteiger partial charge in [0.15, 0.2) is 0 Å². The summed E-state index contributed by atoms with van der Waals surface area (Å²) in [7, 11) is 4.09. The molecule has 0 aromatic heterocycles. The molecule has 0 aliphatic heterocycles. The van der Waals surface area contributed by atoms with Gasteiger partial charge >= 0.3 is 0 Å². The maximum absolute atomic E-state index is 10.6. The molecule has 88 valence electrons. The van der Waals surface area contributed by atoms with Gasteiger partial charge in [0.25, 0.3) is 5.69 Å². The van der Waals surface area contributed by atoms with Crippen molar-refractivity contribution in [3.63, 3.8) is 0 Å². The van der Waals surface area contributed by atoms with Crippen molar-refractivity contribution in [2.24, 2.45) is 0 Å². The van der Waals surface area contributed by atoms with Gasteiger partial charge in [-0.25, -0.2) is 0 Å². The highest BCUT2D eigenvalue weighted by Crippen LogP contribution is 2.19. The van der Waals surface area contributed by atoms with Gasteiger partial charge in [0.2, 0.25) is 0 Å². The summed E-state index contributed by atoms with van der Waals surface area (Å²) < 4.78 is 0. The first kappa shape index (κ1) is 12.6. The van der Waals surface area contributed by atoms with E-state index in [0.717, 1.165) is 24.9 Å². The van der Waals surface area contributed by atoms with Crippen molar-refractivity contribution in [1.82, 2.24) is 4.90 Å². The summed E-state index contributed by atoms with van der Waals surface area (Å²) in [5.74, 6) is 0. The van der Waals surface area contributed by atoms with E-state index < -0.39 is 0 Å². The Morgan fingerprint density at radius 2 is 2.06 bits per heavy atom. The van der Waals surface area contributed by atoms with Crippen LogP contribution in [0, 0.1) is 17.0 Å². The van der Waals surface area contributed by atoms with Crippen LogP contribution >= 0.6 is 0 Å². The molecule has 1 aromatic rings. The zero-order valence-corrected chi connectivity index (χ0v) is 10.1. The van der Waals surface area contributed by atoms with Crippen LogP contribution in [-0.4, -0.2) is 30.5 Å². The van der Waals surface area contributed by atoms with Crippen LogP contribution in [0.1, 0.15) is 17.5 Å². The highest BCUT2D eigenvalue weighted by molar-refractivity contribution is 5.41. The lowest BCUT2D eigenvalue weighted by Gasteiger charge is -2.09. The molecular weight excluding hydrogens is 204 g/mol. The van der Waals surface area contributed by atoms with Gasteiger partial charge in [0, 0.05) is 11.6 Å². The molecule has 0 saturated carbocycles. The number of nitro benzene ring substituents is 1. The largest absolute Gasteiger partial charge is 0.309 e. The van der Waals surface area contributed by atoms with Crippen molar-refractivity contribution in [1.29, 1.82) is 0 Å². The number of benzene rings is 1. The quantitative estimate of drug-likeness (QED) is 0.567. The van der Waals surface area contributed by atoms with E-state index in [1.54, 1.807) is 13.0 Å². The zero-order valence-electron chi connectivity index (χ0n) is 10.1. The van der Waals surface area contributed by atoms with Crippen LogP contribution in [0.2, 0.25) is 0 Å². The van der Waals surface area contributed by atoms with Gasteiger partial charge in [0.05, 0.1) is 4.92 Å². The standard InChI is InChI=1S/C12H18N2O2/c1-10-9-11(5-4-8-13(2)3)6-7-12(10)14(15)16/h6-7,9H,4-5,8H2,1-3H3. The fourth-order valence-electron chi connectivity index (χ4n) is 1.68. The molecule has 1 aromatic carbocycles. The minimum absolute atomic E-state index is 0.205. The minimum Gasteiger partial charge on any atom is -0.309 e. The second-order valence-corrected chi connectivity index (χ2v) is 4.28. The van der Waals surface area contributed by atoms with Crippen molar-refractivity contribution >= 4 is 5.69 Å². The molecule has 0 spiro atoms. The van der Waals surface area contributed by atoms with E-state index >= 15 is 0 Å². The summed E-state index contributed by atoms with van der Waals surface area (Å²) in [5.41, 5.74) is 2.12. The number of rotatable bonds is 5. The summed E-state index contributed by atoms with van der Waals surface area (Å²) in [6, 6.07) is 5.36. The second-order valence-electron chi connectivity index (χ2n) is 4.28. The summed E-state index contributed by atoms with van der Waals surface area (Å²) in [6.45, 7) is 2.82. The SMILES string of the molecule is Cc1cc(CCCN(C)C)ccc1[N+](=O)[O-]. The zero-order chi connectivity index (χ0) is 12.1. The molecule has 0 aliphatic carbocycles. The van der Waals surface area contributed by atoms with Crippen molar-refractivity contribution in [2.45, 2.75) is 19.8 Å². The van der Waals surface area contributed by atoms with Crippen molar-refractivity contribution in [3.05, 3.63) is 39.4 Å². The smallest absolute Gasteiger partial charge is 0.272 e. The number of hydrogen-bond acceptors (Lipinski definition) is 3. The lowest BCUT2D eigenvalue weighted by atomic mass is 10.1. The Bertz CT molecular complexity index is 375. The number of nitrogens with zero attached hydrogens (tertiary/aromatic N) is 2. The van der Waals surface area contributed by atoms with E-state index in [4.69, 9.17) is 0 Å². The molecule has 0 unspecified atom stereocenters. The summed E-state index contributed by atoms with van der Waals surface area (Å²) in [5, 5.41) is 10.6. The lowest BCUT2D eigenvalue weighted by Crippen LogP contribution is -2.13. The fraction of sp³-hybridized carbons (Fsp3) is 0.500. The van der Waals surface area contributed by atoms with Crippen molar-refractivity contribution in [3.8, 4) is 0 Å². The molecule has 0 N–H and O–H groups in total. The van der Waals surface area contributed by atoms with E-state index in [-0.39, 0.29) is 10.6 Å². The third kappa shape index (κ3) is 3.62. The monoisotopic (exact) mass is 222 g/mol. The van der Waals surface area contributed by atoms with Gasteiger partial charge in [0.1, 0.15) is 0 Å². The number of nitro groups is 1. The molecule has 0 atom stereocenters. The Labute approximate surface area is 96.0 Å². The van der Waals surface area contributed by atoms with E-state index in [0.29, 0.717) is 0 Å². The third-order valence-corrected chi connectivity index (χ3v) is 2.53. The molecule has 0 aliphatic rings. The molecule has 0 saturated heterocycles. The maximum Gasteiger partial charge on any atom is 0.272 e. The van der Waals surface area contributed by atoms with Crippen molar-refractivity contribution in [2.75, 3.05) is 20.6 Å². The Balaban J connectivity index is 2.63. The summed E-state index contributed by atoms with van der Waals surface area (Å²) >= 11 is 0. The molecule has 4 nitrogen and oxygen atoms in total. The Morgan fingerprint density at radius 3 is 2.56 bits per heavy atom. The first-order chi connectivity index (χ1) is 7.50. The molecule has 16 heavy (non-hydrogen) atoms. The van der Waals surface area contributed by atoms with Gasteiger partial charge in [-0.1, -0.05) is 6.07 Å². The highest BCUT2D eigenvalue weighted by atomic mass is 16.6. The average Bonchev–Trinajstić information content (AvgIpc) is 2.16. The molecule has 0 amide bonds. The Kier molecular flexibility index (Phi) is 4.43. The summed E-state index contributed by atoms with van der Waals surface area (Å²) in [6.07, 6.45) is 2.04. The van der Waals surface area contributed by atoms with Gasteiger partial charge in [-0.15, -0.1) is 0 Å². The van der Waals surface area contributed by atoms with Crippen LogP contribution in [0.5, 0.6) is 0 Å². The van der Waals surface area contributed by atoms with Crippen LogP contribution in [0.25, 0.3) is 0 Å². The molecule has 0 heterocycles. The predicted octanol–water partition coefficient (Wildman–Crippen LogP) is 2.40. The average molecular weight is 222 g/mol. The topological polar surface area (TPSA) is 46.4 Å². The molecule has 0 radical (unpaired) electrons. The van der Waals surface area contributed by atoms with Gasteiger partial charge in [-0.3, -0.25) is 10.1 Å². The highest BCUT2D eigenvalue weighted by Gasteiger charge is 2.09. The first-order valence-electron chi connectivity index (χ1n) is 5.39. The minimum atomic E-state index is -0.334. The fourth-order valence-corrected chi connectivity index (χ4v) is 1.68. The second kappa shape index (κ2) is 5.61. The first-order valence-corrected chi connectivity index (χ1v) is 5.39. The van der Waals surface area contributed by atoms with Crippen LogP contribution in [0.3, 0.4) is 0 Å². The molecular formula is C12H18N2O2. The van der Waals surface area contributed by atoms with E-state index in [1.165, 1.54) is 5.56 Å². The molecule has 4 heteroatoms. The lowest BCUT2D eigenvalue weighted by molar-refractivity contribution is -0.385. The summed E-state index contributed by atoms with van der Waals surface area (Å²) in [4.78, 5) is 12.4. The third-order valence-electron chi connectivity index (χ3n) is 2.53. The van der Waals surface area contributed by atoms with Gasteiger partial charge < -0.3 is 4.90 Å².